The van der Waals surface area contributed by atoms with Crippen molar-refractivity contribution >= 4 is 39.2 Å². The van der Waals surface area contributed by atoms with Crippen LogP contribution in [-0.2, 0) is 0 Å². The van der Waals surface area contributed by atoms with Gasteiger partial charge in [0.2, 0.25) is 0 Å². The molecule has 0 aliphatic heterocycles. The maximum Gasteiger partial charge on any atom is 0.335 e. The molecule has 0 saturated heterocycles. The highest BCUT2D eigenvalue weighted by Crippen LogP contribution is 2.25. The summed E-state index contributed by atoms with van der Waals surface area (Å²) in [5.41, 5.74) is 1.18. The third-order valence-electron chi connectivity index (χ3n) is 2.72. The topological polar surface area (TPSA) is 58.6 Å². The number of carbonyl (C=O) groups is 1. The number of nitrogens with one attached hydrogen (secondary N) is 1. The van der Waals surface area contributed by atoms with Gasteiger partial charge in [-0.05, 0) is 58.4 Å². The van der Waals surface area contributed by atoms with Crippen molar-refractivity contribution in [1.29, 1.82) is 0 Å². The van der Waals surface area contributed by atoms with Crippen molar-refractivity contribution in [2.45, 2.75) is 0 Å². The van der Waals surface area contributed by atoms with E-state index in [4.69, 9.17) is 21.4 Å². The van der Waals surface area contributed by atoms with Crippen LogP contribution in [0.5, 0.6) is 5.75 Å². The van der Waals surface area contributed by atoms with Crippen molar-refractivity contribution in [2.24, 2.45) is 0 Å². The van der Waals surface area contributed by atoms with Crippen LogP contribution in [0.25, 0.3) is 0 Å². The Morgan fingerprint density at radius 2 is 1.95 bits per heavy atom. The normalized spacial score (nSPS) is 10.2. The monoisotopic (exact) mass is 369 g/mol. The Bertz CT molecular complexity index is 631. The van der Waals surface area contributed by atoms with Crippen molar-refractivity contribution in [2.75, 3.05) is 18.5 Å². The first-order chi connectivity index (χ1) is 10.1. The van der Waals surface area contributed by atoms with E-state index in [0.717, 1.165) is 10.2 Å². The predicted molar refractivity (Wildman–Crippen MR) is 86.5 cm³/mol. The fourth-order valence-corrected chi connectivity index (χ4v) is 2.16. The number of hydrogen-bond acceptors (Lipinski definition) is 3. The van der Waals surface area contributed by atoms with Crippen molar-refractivity contribution in [3.63, 3.8) is 0 Å². The summed E-state index contributed by atoms with van der Waals surface area (Å²) < 4.78 is 6.36. The Kier molecular flexibility index (Phi) is 5.47. The van der Waals surface area contributed by atoms with Crippen LogP contribution >= 0.6 is 27.5 Å². The molecule has 2 rings (SSSR count). The Balaban J connectivity index is 1.79. The lowest BCUT2D eigenvalue weighted by molar-refractivity contribution is 0.0697. The first-order valence-electron chi connectivity index (χ1n) is 6.21. The van der Waals surface area contributed by atoms with E-state index in [-0.39, 0.29) is 5.56 Å². The fourth-order valence-electron chi connectivity index (χ4n) is 1.66. The van der Waals surface area contributed by atoms with Crippen LogP contribution in [0.3, 0.4) is 0 Å². The number of carboxylic acid groups (broad SMARTS) is 1. The van der Waals surface area contributed by atoms with Gasteiger partial charge in [-0.15, -0.1) is 0 Å². The highest BCUT2D eigenvalue weighted by Gasteiger charge is 2.02. The van der Waals surface area contributed by atoms with E-state index in [1.807, 2.05) is 12.1 Å². The van der Waals surface area contributed by atoms with Gasteiger partial charge < -0.3 is 15.2 Å². The SMILES string of the molecule is O=C(O)c1ccc(OCCNc2ccc(Cl)c(Br)c2)cc1. The fraction of sp³-hybridized carbons (Fsp3) is 0.133. The number of carboxylic acids is 1. The van der Waals surface area contributed by atoms with Crippen LogP contribution in [0.4, 0.5) is 5.69 Å². The highest BCUT2D eigenvalue weighted by atomic mass is 79.9. The van der Waals surface area contributed by atoms with Gasteiger partial charge in [0.05, 0.1) is 10.6 Å². The van der Waals surface area contributed by atoms with Crippen LogP contribution in [0.2, 0.25) is 5.02 Å². The molecule has 0 spiro atoms. The average Bonchev–Trinajstić information content (AvgIpc) is 2.47. The molecule has 0 atom stereocenters. The third kappa shape index (κ3) is 4.65. The van der Waals surface area contributed by atoms with Gasteiger partial charge >= 0.3 is 5.97 Å². The number of rotatable bonds is 6. The minimum absolute atomic E-state index is 0.242. The first-order valence-corrected chi connectivity index (χ1v) is 7.38. The van der Waals surface area contributed by atoms with Crippen molar-refractivity contribution in [1.82, 2.24) is 0 Å². The predicted octanol–water partition coefficient (Wildman–Crippen LogP) is 4.29. The molecule has 2 aromatic rings. The molecule has 0 bridgehead atoms. The molecule has 0 unspecified atom stereocenters. The van der Waals surface area contributed by atoms with Crippen LogP contribution < -0.4 is 10.1 Å². The zero-order chi connectivity index (χ0) is 15.2. The number of benzene rings is 2. The van der Waals surface area contributed by atoms with E-state index in [1.165, 1.54) is 12.1 Å². The molecule has 21 heavy (non-hydrogen) atoms. The lowest BCUT2D eigenvalue weighted by Crippen LogP contribution is -2.11. The van der Waals surface area contributed by atoms with Crippen LogP contribution in [-0.4, -0.2) is 24.2 Å². The molecule has 0 radical (unpaired) electrons. The summed E-state index contributed by atoms with van der Waals surface area (Å²) in [6.07, 6.45) is 0. The lowest BCUT2D eigenvalue weighted by Gasteiger charge is -2.09. The average molecular weight is 371 g/mol. The molecule has 4 nitrogen and oxygen atoms in total. The molecule has 0 aliphatic carbocycles. The van der Waals surface area contributed by atoms with E-state index in [1.54, 1.807) is 18.2 Å². The van der Waals surface area contributed by atoms with Gasteiger partial charge in [0.25, 0.3) is 0 Å². The second-order valence-electron chi connectivity index (χ2n) is 4.23. The van der Waals surface area contributed by atoms with Gasteiger partial charge in [-0.2, -0.15) is 0 Å². The molecule has 2 N–H and O–H groups in total. The minimum Gasteiger partial charge on any atom is -0.492 e. The number of hydrogen-bond donors (Lipinski definition) is 2. The summed E-state index contributed by atoms with van der Waals surface area (Å²) in [5.74, 6) is -0.310. The molecule has 2 aromatic carbocycles. The Morgan fingerprint density at radius 1 is 1.24 bits per heavy atom. The summed E-state index contributed by atoms with van der Waals surface area (Å²) in [7, 11) is 0. The lowest BCUT2D eigenvalue weighted by atomic mass is 10.2. The molecular weight excluding hydrogens is 358 g/mol. The van der Waals surface area contributed by atoms with Crippen LogP contribution in [0, 0.1) is 0 Å². The van der Waals surface area contributed by atoms with Gasteiger partial charge in [0, 0.05) is 16.7 Å². The van der Waals surface area contributed by atoms with E-state index >= 15 is 0 Å². The largest absolute Gasteiger partial charge is 0.492 e. The number of aromatic carboxylic acids is 1. The number of ether oxygens (including phenoxy) is 1. The van der Waals surface area contributed by atoms with Gasteiger partial charge in [0.15, 0.2) is 0 Å². The molecule has 0 heterocycles. The van der Waals surface area contributed by atoms with Crippen LogP contribution in [0.1, 0.15) is 10.4 Å². The summed E-state index contributed by atoms with van der Waals surface area (Å²) in [6.45, 7) is 1.08. The molecule has 0 saturated carbocycles. The Morgan fingerprint density at radius 3 is 2.57 bits per heavy atom. The minimum atomic E-state index is -0.948. The molecular formula is C15H13BrClNO3. The molecule has 110 valence electrons. The van der Waals surface area contributed by atoms with Gasteiger partial charge in [-0.1, -0.05) is 11.6 Å². The summed E-state index contributed by atoms with van der Waals surface area (Å²) >= 11 is 9.27. The summed E-state index contributed by atoms with van der Waals surface area (Å²) in [5, 5.41) is 12.7. The highest BCUT2D eigenvalue weighted by molar-refractivity contribution is 9.10. The first kappa shape index (κ1) is 15.7. The quantitative estimate of drug-likeness (QED) is 0.745. The second-order valence-corrected chi connectivity index (χ2v) is 5.50. The standard InChI is InChI=1S/C15H13BrClNO3/c16-13-9-11(3-6-14(13)17)18-7-8-21-12-4-1-10(2-5-12)15(19)20/h1-6,9,18H,7-8H2,(H,19,20). The van der Waals surface area contributed by atoms with E-state index in [9.17, 15) is 4.79 Å². The smallest absolute Gasteiger partial charge is 0.335 e. The molecule has 0 amide bonds. The molecule has 0 aliphatic rings. The van der Waals surface area contributed by atoms with Crippen molar-refractivity contribution in [3.05, 3.63) is 57.5 Å². The Labute approximate surface area is 135 Å². The molecule has 6 heteroatoms. The molecule has 0 fully saturated rings. The van der Waals surface area contributed by atoms with Gasteiger partial charge in [-0.25, -0.2) is 4.79 Å². The second kappa shape index (κ2) is 7.33. The van der Waals surface area contributed by atoms with Gasteiger partial charge in [-0.3, -0.25) is 0 Å². The van der Waals surface area contributed by atoms with Crippen LogP contribution in [0.15, 0.2) is 46.9 Å². The maximum atomic E-state index is 10.7. The maximum absolute atomic E-state index is 10.7. The summed E-state index contributed by atoms with van der Waals surface area (Å²) in [4.78, 5) is 10.7. The zero-order valence-corrected chi connectivity index (χ0v) is 13.3. The zero-order valence-electron chi connectivity index (χ0n) is 11.0. The Hall–Kier alpha value is -1.72. The van der Waals surface area contributed by atoms with E-state index < -0.39 is 5.97 Å². The van der Waals surface area contributed by atoms with Crippen molar-refractivity contribution in [3.8, 4) is 5.75 Å². The van der Waals surface area contributed by atoms with Gasteiger partial charge in [0.1, 0.15) is 12.4 Å². The van der Waals surface area contributed by atoms with Crippen molar-refractivity contribution < 1.29 is 14.6 Å². The van der Waals surface area contributed by atoms with E-state index in [0.29, 0.717) is 23.9 Å². The van der Waals surface area contributed by atoms with E-state index in [2.05, 4.69) is 21.2 Å². The number of halogens is 2. The third-order valence-corrected chi connectivity index (χ3v) is 3.93. The molecule has 0 aromatic heterocycles. The number of anilines is 1. The summed E-state index contributed by atoms with van der Waals surface area (Å²) in [6, 6.07) is 11.9.